The molecular weight excluding hydrogens is 274 g/mol. The van der Waals surface area contributed by atoms with Crippen LogP contribution < -0.4 is 0 Å². The van der Waals surface area contributed by atoms with Gasteiger partial charge in [0.05, 0.1) is 11.1 Å². The third-order valence-corrected chi connectivity index (χ3v) is 2.89. The number of nitrogens with one attached hydrogen (secondary N) is 1. The quantitative estimate of drug-likeness (QED) is 0.690. The predicted octanol–water partition coefficient (Wildman–Crippen LogP) is 3.78. The monoisotopic (exact) mass is 281 g/mol. The molecule has 0 aliphatic heterocycles. The summed E-state index contributed by atoms with van der Waals surface area (Å²) in [5.74, 6) is -1.05. The molecule has 1 N–H and O–H groups in total. The molecule has 0 aliphatic rings. The number of alkyl halides is 3. The van der Waals surface area contributed by atoms with Crippen molar-refractivity contribution in [1.29, 1.82) is 0 Å². The first kappa shape index (κ1) is 12.6. The summed E-state index contributed by atoms with van der Waals surface area (Å²) in [6.07, 6.45) is -0.643. The number of fused-ring (bicyclic) bond motifs is 1. The Morgan fingerprint density at radius 2 is 1.80 bits per heavy atom. The summed E-state index contributed by atoms with van der Waals surface area (Å²) in [6, 6.07) is 3.33. The van der Waals surface area contributed by atoms with Crippen LogP contribution in [0.3, 0.4) is 0 Å². The molecule has 0 bridgehead atoms. The highest BCUT2D eigenvalue weighted by molar-refractivity contribution is 5.95. The molecule has 3 rings (SSSR count). The second-order valence-corrected chi connectivity index (χ2v) is 4.12. The van der Waals surface area contributed by atoms with Crippen molar-refractivity contribution in [3.8, 4) is 11.4 Å². The van der Waals surface area contributed by atoms with Crippen molar-refractivity contribution < 1.29 is 17.6 Å². The Morgan fingerprint density at radius 1 is 1.10 bits per heavy atom. The maximum atomic E-state index is 13.7. The van der Waals surface area contributed by atoms with Gasteiger partial charge >= 0.3 is 6.18 Å². The van der Waals surface area contributed by atoms with Crippen molar-refractivity contribution in [2.24, 2.45) is 0 Å². The number of aromatic nitrogens is 3. The number of nitrogens with zero attached hydrogens (tertiary/aromatic N) is 2. The Balaban J connectivity index is 2.44. The highest BCUT2D eigenvalue weighted by atomic mass is 19.4. The topological polar surface area (TPSA) is 41.6 Å². The smallest absolute Gasteiger partial charge is 0.359 e. The fourth-order valence-corrected chi connectivity index (χ4v) is 2.08. The average molecular weight is 281 g/mol. The number of hydrogen-bond donors (Lipinski definition) is 1. The lowest BCUT2D eigenvalue weighted by molar-refractivity contribution is -0.137. The van der Waals surface area contributed by atoms with Crippen molar-refractivity contribution in [1.82, 2.24) is 15.0 Å². The molecule has 2 aromatic heterocycles. The van der Waals surface area contributed by atoms with Crippen LogP contribution in [0.4, 0.5) is 17.6 Å². The highest BCUT2D eigenvalue weighted by Crippen LogP contribution is 2.40. The zero-order chi connectivity index (χ0) is 14.3. The van der Waals surface area contributed by atoms with Crippen LogP contribution in [0.15, 0.2) is 36.8 Å². The van der Waals surface area contributed by atoms with Crippen molar-refractivity contribution in [2.45, 2.75) is 6.18 Å². The second-order valence-electron chi connectivity index (χ2n) is 4.12. The first-order valence-electron chi connectivity index (χ1n) is 5.62. The molecule has 3 nitrogen and oxygen atoms in total. The molecule has 0 fully saturated rings. The van der Waals surface area contributed by atoms with E-state index in [0.717, 1.165) is 0 Å². The molecule has 1 aromatic carbocycles. The molecule has 0 spiro atoms. The number of benzene rings is 1. The maximum absolute atomic E-state index is 13.7. The minimum absolute atomic E-state index is 0.000420. The molecule has 2 heterocycles. The zero-order valence-corrected chi connectivity index (χ0v) is 9.87. The summed E-state index contributed by atoms with van der Waals surface area (Å²) in [7, 11) is 0. The van der Waals surface area contributed by atoms with Crippen LogP contribution in [0.1, 0.15) is 5.56 Å². The number of rotatable bonds is 1. The SMILES string of the molecule is Fc1cc(C(F)(F)F)c(-c2ncccn2)c2cc[nH]c12. The van der Waals surface area contributed by atoms with Crippen LogP contribution >= 0.6 is 0 Å². The number of hydrogen-bond acceptors (Lipinski definition) is 2. The van der Waals surface area contributed by atoms with Crippen LogP contribution in [-0.4, -0.2) is 15.0 Å². The van der Waals surface area contributed by atoms with Gasteiger partial charge in [0.2, 0.25) is 0 Å². The summed E-state index contributed by atoms with van der Waals surface area (Å²) in [4.78, 5) is 10.2. The molecule has 0 amide bonds. The molecule has 0 atom stereocenters. The van der Waals surface area contributed by atoms with Gasteiger partial charge in [-0.05, 0) is 18.2 Å². The maximum Gasteiger partial charge on any atom is 0.417 e. The predicted molar refractivity (Wildman–Crippen MR) is 64.3 cm³/mol. The molecule has 0 saturated carbocycles. The lowest BCUT2D eigenvalue weighted by Gasteiger charge is -2.13. The third-order valence-electron chi connectivity index (χ3n) is 2.89. The summed E-state index contributed by atoms with van der Waals surface area (Å²) in [5, 5.41) is 0.100. The lowest BCUT2D eigenvalue weighted by atomic mass is 10.0. The zero-order valence-electron chi connectivity index (χ0n) is 9.87. The van der Waals surface area contributed by atoms with Crippen LogP contribution in [-0.2, 0) is 6.18 Å². The van der Waals surface area contributed by atoms with E-state index < -0.39 is 17.6 Å². The van der Waals surface area contributed by atoms with Crippen molar-refractivity contribution in [2.75, 3.05) is 0 Å². The van der Waals surface area contributed by atoms with E-state index in [-0.39, 0.29) is 22.3 Å². The molecule has 102 valence electrons. The molecule has 0 aliphatic carbocycles. The average Bonchev–Trinajstić information content (AvgIpc) is 2.88. The Hall–Kier alpha value is -2.44. The van der Waals surface area contributed by atoms with E-state index in [1.165, 1.54) is 30.7 Å². The van der Waals surface area contributed by atoms with E-state index in [4.69, 9.17) is 0 Å². The van der Waals surface area contributed by atoms with E-state index in [2.05, 4.69) is 15.0 Å². The lowest BCUT2D eigenvalue weighted by Crippen LogP contribution is -2.09. The Labute approximate surface area is 110 Å². The largest absolute Gasteiger partial charge is 0.417 e. The van der Waals surface area contributed by atoms with Crippen LogP contribution in [0.25, 0.3) is 22.3 Å². The van der Waals surface area contributed by atoms with Crippen LogP contribution in [0.2, 0.25) is 0 Å². The molecule has 0 saturated heterocycles. The van der Waals surface area contributed by atoms with Gasteiger partial charge in [0.1, 0.15) is 5.82 Å². The molecule has 7 heteroatoms. The highest BCUT2D eigenvalue weighted by Gasteiger charge is 2.36. The van der Waals surface area contributed by atoms with Crippen molar-refractivity contribution in [3.05, 3.63) is 48.2 Å². The molecule has 3 aromatic rings. The van der Waals surface area contributed by atoms with Crippen molar-refractivity contribution >= 4 is 10.9 Å². The van der Waals surface area contributed by atoms with E-state index in [0.29, 0.717) is 6.07 Å². The Morgan fingerprint density at radius 3 is 2.45 bits per heavy atom. The first-order chi connectivity index (χ1) is 9.48. The number of aromatic amines is 1. The van der Waals surface area contributed by atoms with Gasteiger partial charge in [-0.3, -0.25) is 0 Å². The van der Waals surface area contributed by atoms with E-state index >= 15 is 0 Å². The normalized spacial score (nSPS) is 12.0. The van der Waals surface area contributed by atoms with Gasteiger partial charge < -0.3 is 4.98 Å². The third kappa shape index (κ3) is 1.91. The minimum Gasteiger partial charge on any atom is -0.359 e. The molecule has 0 radical (unpaired) electrons. The minimum atomic E-state index is -4.69. The summed E-state index contributed by atoms with van der Waals surface area (Å²) in [5.41, 5.74) is -1.32. The Bertz CT molecular complexity index is 762. The van der Waals surface area contributed by atoms with Gasteiger partial charge in [0, 0.05) is 29.5 Å². The van der Waals surface area contributed by atoms with Crippen molar-refractivity contribution in [3.63, 3.8) is 0 Å². The number of halogens is 4. The fraction of sp³-hybridized carbons (Fsp3) is 0.0769. The van der Waals surface area contributed by atoms with Crippen LogP contribution in [0.5, 0.6) is 0 Å². The summed E-state index contributed by atoms with van der Waals surface area (Å²) in [6.45, 7) is 0. The first-order valence-corrected chi connectivity index (χ1v) is 5.62. The van der Waals surface area contributed by atoms with Crippen LogP contribution in [0, 0.1) is 5.82 Å². The fourth-order valence-electron chi connectivity index (χ4n) is 2.08. The standard InChI is InChI=1S/C13H7F4N3/c14-9-6-8(13(15,16)17)10(7-2-5-18-11(7)9)12-19-3-1-4-20-12/h1-6,18H. The Kier molecular flexibility index (Phi) is 2.70. The summed E-state index contributed by atoms with van der Waals surface area (Å²) < 4.78 is 53.1. The molecular formula is C13H7F4N3. The van der Waals surface area contributed by atoms with Gasteiger partial charge in [-0.25, -0.2) is 14.4 Å². The van der Waals surface area contributed by atoms with Gasteiger partial charge in [0.25, 0.3) is 0 Å². The van der Waals surface area contributed by atoms with Gasteiger partial charge in [-0.1, -0.05) is 0 Å². The summed E-state index contributed by atoms with van der Waals surface area (Å²) >= 11 is 0. The molecule has 20 heavy (non-hydrogen) atoms. The second kappa shape index (κ2) is 4.29. The number of H-pyrrole nitrogens is 1. The van der Waals surface area contributed by atoms with Gasteiger partial charge in [-0.2, -0.15) is 13.2 Å². The van der Waals surface area contributed by atoms with Gasteiger partial charge in [-0.15, -0.1) is 0 Å². The molecule has 0 unspecified atom stereocenters. The van der Waals surface area contributed by atoms with E-state index in [1.807, 2.05) is 0 Å². The van der Waals surface area contributed by atoms with Gasteiger partial charge in [0.15, 0.2) is 5.82 Å². The van der Waals surface area contributed by atoms with E-state index in [9.17, 15) is 17.6 Å². The van der Waals surface area contributed by atoms with E-state index in [1.54, 1.807) is 0 Å².